The van der Waals surface area contributed by atoms with Gasteiger partial charge in [0, 0.05) is 0 Å². The molecule has 100 valence electrons. The molecule has 0 atom stereocenters. The van der Waals surface area contributed by atoms with Crippen LogP contribution in [0.1, 0.15) is 20.3 Å². The molecular formula is C7H19NO6S2. The first-order valence-corrected chi connectivity index (χ1v) is 7.59. The van der Waals surface area contributed by atoms with Gasteiger partial charge in [-0.1, -0.05) is 0 Å². The van der Waals surface area contributed by atoms with Crippen LogP contribution in [-0.4, -0.2) is 46.0 Å². The van der Waals surface area contributed by atoms with Gasteiger partial charge in [-0.15, -0.1) is 0 Å². The van der Waals surface area contributed by atoms with Crippen LogP contribution in [0.15, 0.2) is 0 Å². The number of rotatable bonds is 5. The summed E-state index contributed by atoms with van der Waals surface area (Å²) in [7, 11) is -5.84. The second-order valence-corrected chi connectivity index (χ2v) is 6.97. The van der Waals surface area contributed by atoms with Crippen molar-refractivity contribution in [2.24, 2.45) is 5.73 Å². The zero-order chi connectivity index (χ0) is 13.4. The molecule has 0 bridgehead atoms. The van der Waals surface area contributed by atoms with Crippen molar-refractivity contribution in [2.45, 2.75) is 25.5 Å². The average molecular weight is 277 g/mol. The van der Waals surface area contributed by atoms with E-state index >= 15 is 0 Å². The highest BCUT2D eigenvalue weighted by Crippen LogP contribution is 1.98. The van der Waals surface area contributed by atoms with Gasteiger partial charge in [-0.05, 0) is 26.8 Å². The topological polar surface area (TPSA) is 124 Å². The first-order chi connectivity index (χ1) is 7.06. The van der Waals surface area contributed by atoms with Gasteiger partial charge in [-0.3, -0.25) is 8.74 Å². The van der Waals surface area contributed by atoms with Crippen molar-refractivity contribution in [3.63, 3.8) is 0 Å². The molecule has 0 unspecified atom stereocenters. The highest BCUT2D eigenvalue weighted by Gasteiger charge is 2.12. The second kappa shape index (κ2) is 7.96. The van der Waals surface area contributed by atoms with Crippen molar-refractivity contribution in [3.8, 4) is 0 Å². The summed E-state index contributed by atoms with van der Waals surface area (Å²) in [5, 5.41) is -0.438. The summed E-state index contributed by atoms with van der Waals surface area (Å²) in [5.74, 6) is -0.233. The first kappa shape index (κ1) is 18.2. The van der Waals surface area contributed by atoms with Gasteiger partial charge in [0.05, 0.1) is 18.1 Å². The molecule has 0 fully saturated rings. The Kier molecular flexibility index (Phi) is 9.03. The number of hydrogen-bond acceptors (Lipinski definition) is 6. The molecule has 7 nitrogen and oxygen atoms in total. The van der Waals surface area contributed by atoms with Gasteiger partial charge in [-0.2, -0.15) is 16.8 Å². The summed E-state index contributed by atoms with van der Waals surface area (Å²) in [6.45, 7) is 3.43. The smallest absolute Gasteiger partial charge is 0.269 e. The molecule has 0 aromatic rings. The average Bonchev–Trinajstić information content (AvgIpc) is 2.14. The minimum atomic E-state index is -3.77. The van der Waals surface area contributed by atoms with Crippen LogP contribution in [-0.2, 0) is 24.4 Å². The molecule has 0 amide bonds. The Balaban J connectivity index is 0. The van der Waals surface area contributed by atoms with Crippen molar-refractivity contribution in [2.75, 3.05) is 19.4 Å². The van der Waals surface area contributed by atoms with Gasteiger partial charge in [-0.25, -0.2) is 0 Å². The molecule has 0 spiro atoms. The predicted molar refractivity (Wildman–Crippen MR) is 61.2 cm³/mol. The predicted octanol–water partition coefficient (Wildman–Crippen LogP) is -0.406. The van der Waals surface area contributed by atoms with Gasteiger partial charge in [0.25, 0.3) is 20.2 Å². The van der Waals surface area contributed by atoms with E-state index in [1.165, 1.54) is 0 Å². The van der Waals surface area contributed by atoms with E-state index in [4.69, 9.17) is 10.3 Å². The van der Waals surface area contributed by atoms with Crippen LogP contribution in [0, 0.1) is 0 Å². The van der Waals surface area contributed by atoms with E-state index in [0.29, 0.717) is 13.0 Å². The summed E-state index contributed by atoms with van der Waals surface area (Å²) in [5.41, 5.74) is 4.96. The monoisotopic (exact) mass is 277 g/mol. The van der Waals surface area contributed by atoms with Crippen molar-refractivity contribution in [1.29, 1.82) is 0 Å². The molecule has 0 saturated carbocycles. The lowest BCUT2D eigenvalue weighted by Crippen LogP contribution is -2.14. The maximum absolute atomic E-state index is 10.5. The summed E-state index contributed by atoms with van der Waals surface area (Å²) in [4.78, 5) is 0. The Labute approximate surface area is 96.9 Å². The standard InChI is InChI=1S/C4H10O3S.C3H9NO3S/c1-4(2)8(5,6)7-3;4-2-1-3-8(5,6)7/h4H,1-3H3;1-4H2,(H,5,6,7). The molecule has 0 heterocycles. The molecule has 9 heteroatoms. The Morgan fingerprint density at radius 3 is 1.75 bits per heavy atom. The van der Waals surface area contributed by atoms with E-state index in [9.17, 15) is 16.8 Å². The maximum Gasteiger partial charge on any atom is 0.269 e. The van der Waals surface area contributed by atoms with E-state index in [-0.39, 0.29) is 5.75 Å². The second-order valence-electron chi connectivity index (χ2n) is 3.14. The fourth-order valence-corrected chi connectivity index (χ4v) is 1.37. The third-order valence-corrected chi connectivity index (χ3v) is 3.84. The fourth-order valence-electron chi connectivity index (χ4n) is 0.458. The van der Waals surface area contributed by atoms with E-state index in [0.717, 1.165) is 7.11 Å². The Morgan fingerprint density at radius 1 is 1.25 bits per heavy atom. The van der Waals surface area contributed by atoms with Gasteiger partial charge >= 0.3 is 0 Å². The molecule has 0 aliphatic carbocycles. The van der Waals surface area contributed by atoms with Gasteiger partial charge in [0.1, 0.15) is 0 Å². The third-order valence-electron chi connectivity index (χ3n) is 1.42. The molecule has 0 aliphatic heterocycles. The molecule has 0 rings (SSSR count). The summed E-state index contributed by atoms with van der Waals surface area (Å²) < 4.78 is 53.0. The van der Waals surface area contributed by atoms with Crippen LogP contribution in [0.25, 0.3) is 0 Å². The quantitative estimate of drug-likeness (QED) is 0.517. The van der Waals surface area contributed by atoms with Crippen molar-refractivity contribution in [1.82, 2.24) is 0 Å². The van der Waals surface area contributed by atoms with E-state index in [1.807, 2.05) is 0 Å². The molecule has 0 aromatic carbocycles. The number of hydrogen-bond donors (Lipinski definition) is 2. The lowest BCUT2D eigenvalue weighted by Gasteiger charge is -2.01. The third kappa shape index (κ3) is 11.9. The number of nitrogens with two attached hydrogens (primary N) is 1. The van der Waals surface area contributed by atoms with E-state index in [1.54, 1.807) is 13.8 Å². The summed E-state index contributed by atoms with van der Waals surface area (Å²) in [6.07, 6.45) is 0.318. The Morgan fingerprint density at radius 2 is 1.69 bits per heavy atom. The molecule has 16 heavy (non-hydrogen) atoms. The van der Waals surface area contributed by atoms with Crippen LogP contribution in [0.3, 0.4) is 0 Å². The molecule has 3 N–H and O–H groups in total. The first-order valence-electron chi connectivity index (χ1n) is 4.51. The highest BCUT2D eigenvalue weighted by molar-refractivity contribution is 7.87. The highest BCUT2D eigenvalue weighted by atomic mass is 32.2. The van der Waals surface area contributed by atoms with Crippen LogP contribution in [0.5, 0.6) is 0 Å². The Bertz CT molecular complexity index is 358. The molecule has 0 aliphatic rings. The SMILES string of the molecule is COS(=O)(=O)C(C)C.NCCCS(=O)(=O)O. The van der Waals surface area contributed by atoms with Gasteiger partial charge in [0.15, 0.2) is 0 Å². The van der Waals surface area contributed by atoms with Crippen LogP contribution in [0.4, 0.5) is 0 Å². The van der Waals surface area contributed by atoms with E-state index in [2.05, 4.69) is 4.18 Å². The normalized spacial score (nSPS) is 12.1. The fraction of sp³-hybridized carbons (Fsp3) is 1.00. The zero-order valence-corrected chi connectivity index (χ0v) is 11.2. The molecule has 0 aromatic heterocycles. The van der Waals surface area contributed by atoms with Gasteiger partial charge in [0.2, 0.25) is 0 Å². The maximum atomic E-state index is 10.5. The summed E-state index contributed by atoms with van der Waals surface area (Å²) >= 11 is 0. The van der Waals surface area contributed by atoms with Crippen molar-refractivity contribution in [3.05, 3.63) is 0 Å². The Hall–Kier alpha value is -0.220. The lowest BCUT2D eigenvalue weighted by molar-refractivity contribution is 0.391. The molecule has 0 radical (unpaired) electrons. The van der Waals surface area contributed by atoms with Crippen LogP contribution >= 0.6 is 0 Å². The zero-order valence-electron chi connectivity index (χ0n) is 9.58. The summed E-state index contributed by atoms with van der Waals surface area (Å²) in [6, 6.07) is 0. The van der Waals surface area contributed by atoms with Crippen LogP contribution in [0.2, 0.25) is 0 Å². The van der Waals surface area contributed by atoms with Gasteiger partial charge < -0.3 is 5.73 Å². The van der Waals surface area contributed by atoms with Crippen LogP contribution < -0.4 is 5.73 Å². The minimum absolute atomic E-state index is 0.233. The minimum Gasteiger partial charge on any atom is -0.330 e. The molecular weight excluding hydrogens is 258 g/mol. The van der Waals surface area contributed by atoms with Crippen molar-refractivity contribution < 1.29 is 25.6 Å². The van der Waals surface area contributed by atoms with Crippen molar-refractivity contribution >= 4 is 20.2 Å². The van der Waals surface area contributed by atoms with E-state index < -0.39 is 25.5 Å². The lowest BCUT2D eigenvalue weighted by atomic mass is 10.5. The largest absolute Gasteiger partial charge is 0.330 e. The molecule has 0 saturated heterocycles.